The van der Waals surface area contributed by atoms with Crippen LogP contribution in [0.3, 0.4) is 0 Å². The van der Waals surface area contributed by atoms with E-state index in [1.807, 2.05) is 0 Å². The van der Waals surface area contributed by atoms with Crippen molar-refractivity contribution < 1.29 is 19.2 Å². The van der Waals surface area contributed by atoms with Crippen LogP contribution in [0.15, 0.2) is 0 Å². The Morgan fingerprint density at radius 1 is 1.62 bits per heavy atom. The highest BCUT2D eigenvalue weighted by molar-refractivity contribution is 7.26. The van der Waals surface area contributed by atoms with Gasteiger partial charge in [-0.05, 0) is 12.8 Å². The van der Waals surface area contributed by atoms with Crippen LogP contribution in [0.4, 0.5) is 0 Å². The van der Waals surface area contributed by atoms with E-state index in [1.165, 1.54) is 0 Å². The molecule has 1 saturated carbocycles. The fraction of sp³-hybridized carbons (Fsp3) is 0.857. The summed E-state index contributed by atoms with van der Waals surface area (Å²) in [5.74, 6) is -2.35. The van der Waals surface area contributed by atoms with Crippen LogP contribution in [-0.4, -0.2) is 30.9 Å². The van der Waals surface area contributed by atoms with Crippen LogP contribution in [0.2, 0.25) is 5.82 Å². The summed E-state index contributed by atoms with van der Waals surface area (Å²) >= 11 is 0. The molecule has 0 bridgehead atoms. The molecule has 70 valence electrons. The molecule has 1 aliphatic carbocycles. The maximum Gasteiger partial charge on any atom is 0.345 e. The number of carboxylic acid groups (broad SMARTS) is 1. The first-order valence-corrected chi connectivity index (χ1v) is 4.98. The SMILES string of the molecule is [B]C1CCC(OC(P=O)C(=O)O)C1. The summed E-state index contributed by atoms with van der Waals surface area (Å²) in [5.41, 5.74) is 0. The summed E-state index contributed by atoms with van der Waals surface area (Å²) in [5, 5.41) is 8.54. The predicted molar refractivity (Wildman–Crippen MR) is 47.3 cm³/mol. The van der Waals surface area contributed by atoms with Crippen LogP contribution in [0.5, 0.6) is 0 Å². The summed E-state index contributed by atoms with van der Waals surface area (Å²) in [6.07, 6.45) is 2.09. The van der Waals surface area contributed by atoms with Crippen molar-refractivity contribution in [2.24, 2.45) is 0 Å². The normalized spacial score (nSPS) is 30.5. The number of ether oxygens (including phenoxy) is 1. The average molecular weight is 200 g/mol. The first-order chi connectivity index (χ1) is 6.13. The van der Waals surface area contributed by atoms with Crippen molar-refractivity contribution in [3.63, 3.8) is 0 Å². The molecule has 2 radical (unpaired) electrons. The van der Waals surface area contributed by atoms with Gasteiger partial charge < -0.3 is 9.84 Å². The van der Waals surface area contributed by atoms with Gasteiger partial charge in [-0.15, -0.1) is 0 Å². The van der Waals surface area contributed by atoms with E-state index in [4.69, 9.17) is 17.7 Å². The van der Waals surface area contributed by atoms with E-state index in [2.05, 4.69) is 0 Å². The second-order valence-corrected chi connectivity index (χ2v) is 3.81. The van der Waals surface area contributed by atoms with E-state index in [0.717, 1.165) is 12.8 Å². The minimum absolute atomic E-state index is 0.0859. The van der Waals surface area contributed by atoms with E-state index >= 15 is 0 Å². The molecule has 1 aliphatic rings. The molecule has 0 aliphatic heterocycles. The lowest BCUT2D eigenvalue weighted by molar-refractivity contribution is -0.147. The molecule has 4 nitrogen and oxygen atoms in total. The predicted octanol–water partition coefficient (Wildman–Crippen LogP) is 1.21. The van der Waals surface area contributed by atoms with E-state index in [9.17, 15) is 9.36 Å². The smallest absolute Gasteiger partial charge is 0.345 e. The van der Waals surface area contributed by atoms with Crippen molar-refractivity contribution in [3.8, 4) is 0 Å². The summed E-state index contributed by atoms with van der Waals surface area (Å²) in [6, 6.07) is 0. The maximum atomic E-state index is 10.4. The zero-order valence-electron chi connectivity index (χ0n) is 7.05. The van der Waals surface area contributed by atoms with Crippen LogP contribution >= 0.6 is 8.46 Å². The molecule has 0 saturated heterocycles. The van der Waals surface area contributed by atoms with Gasteiger partial charge in [0.15, 0.2) is 8.46 Å². The molecular formula is C7H10BO4P. The zero-order valence-corrected chi connectivity index (χ0v) is 7.94. The topological polar surface area (TPSA) is 63.6 Å². The third-order valence-corrected chi connectivity index (χ3v) is 2.59. The number of rotatable bonds is 4. The molecule has 0 amide bonds. The lowest BCUT2D eigenvalue weighted by Crippen LogP contribution is -2.23. The van der Waals surface area contributed by atoms with Crippen molar-refractivity contribution in [1.29, 1.82) is 0 Å². The lowest BCUT2D eigenvalue weighted by Gasteiger charge is -2.13. The maximum absolute atomic E-state index is 10.4. The quantitative estimate of drug-likeness (QED) is 0.547. The van der Waals surface area contributed by atoms with Crippen LogP contribution in [0.25, 0.3) is 0 Å². The van der Waals surface area contributed by atoms with Crippen molar-refractivity contribution in [3.05, 3.63) is 0 Å². The molecule has 0 aromatic carbocycles. The molecule has 3 unspecified atom stereocenters. The fourth-order valence-corrected chi connectivity index (χ4v) is 1.72. The number of hydrogen-bond acceptors (Lipinski definition) is 3. The van der Waals surface area contributed by atoms with Crippen molar-refractivity contribution in [2.75, 3.05) is 0 Å². The van der Waals surface area contributed by atoms with Crippen molar-refractivity contribution in [2.45, 2.75) is 37.0 Å². The van der Waals surface area contributed by atoms with Crippen LogP contribution in [0.1, 0.15) is 19.3 Å². The first kappa shape index (κ1) is 10.7. The summed E-state index contributed by atoms with van der Waals surface area (Å²) < 4.78 is 15.5. The molecule has 1 rings (SSSR count). The van der Waals surface area contributed by atoms with Gasteiger partial charge in [-0.3, -0.25) is 4.57 Å². The number of aliphatic carboxylic acids is 1. The molecule has 1 N–H and O–H groups in total. The van der Waals surface area contributed by atoms with Gasteiger partial charge in [0.2, 0.25) is 5.85 Å². The molecule has 0 spiro atoms. The van der Waals surface area contributed by atoms with Gasteiger partial charge in [-0.25, -0.2) is 4.79 Å². The van der Waals surface area contributed by atoms with E-state index in [-0.39, 0.29) is 11.9 Å². The van der Waals surface area contributed by atoms with Gasteiger partial charge in [0.1, 0.15) is 0 Å². The second-order valence-electron chi connectivity index (χ2n) is 3.13. The molecule has 13 heavy (non-hydrogen) atoms. The Morgan fingerprint density at radius 2 is 2.31 bits per heavy atom. The van der Waals surface area contributed by atoms with Gasteiger partial charge in [-0.2, -0.15) is 0 Å². The fourth-order valence-electron chi connectivity index (χ4n) is 1.41. The van der Waals surface area contributed by atoms with Gasteiger partial charge >= 0.3 is 5.97 Å². The number of carboxylic acids is 1. The van der Waals surface area contributed by atoms with Crippen molar-refractivity contribution in [1.82, 2.24) is 0 Å². The molecule has 6 heteroatoms. The highest BCUT2D eigenvalue weighted by Gasteiger charge is 2.28. The summed E-state index contributed by atoms with van der Waals surface area (Å²) in [7, 11) is 5.11. The van der Waals surface area contributed by atoms with E-state index in [1.54, 1.807) is 0 Å². The number of carbonyl (C=O) groups is 1. The Morgan fingerprint density at radius 3 is 2.69 bits per heavy atom. The summed E-state index contributed by atoms with van der Waals surface area (Å²) in [4.78, 5) is 10.4. The van der Waals surface area contributed by atoms with E-state index in [0.29, 0.717) is 6.42 Å². The minimum Gasteiger partial charge on any atom is -0.479 e. The van der Waals surface area contributed by atoms with Gasteiger partial charge in [0.25, 0.3) is 0 Å². The standard InChI is InChI=1S/C7H10BO4P/c8-4-1-2-5(3-4)12-7(13-11)6(9)10/h4-5,7H,1-3H2,(H,9,10). The molecule has 3 atom stereocenters. The van der Waals surface area contributed by atoms with E-state index < -0.39 is 20.3 Å². The lowest BCUT2D eigenvalue weighted by atomic mass is 9.86. The average Bonchev–Trinajstić information content (AvgIpc) is 2.46. The molecule has 0 heterocycles. The largest absolute Gasteiger partial charge is 0.479 e. The third kappa shape index (κ3) is 3.09. The monoisotopic (exact) mass is 200 g/mol. The second kappa shape index (κ2) is 4.73. The Labute approximate surface area is 79.3 Å². The highest BCUT2D eigenvalue weighted by Crippen LogP contribution is 2.31. The van der Waals surface area contributed by atoms with Gasteiger partial charge in [0, 0.05) is 0 Å². The highest BCUT2D eigenvalue weighted by atomic mass is 31.1. The molecule has 0 aromatic heterocycles. The third-order valence-electron chi connectivity index (χ3n) is 2.05. The molecular weight excluding hydrogens is 190 g/mol. The van der Waals surface area contributed by atoms with Gasteiger partial charge in [0.05, 0.1) is 14.0 Å². The minimum atomic E-state index is -1.24. The Balaban J connectivity index is 2.38. The van der Waals surface area contributed by atoms with Crippen molar-refractivity contribution >= 4 is 22.3 Å². The Kier molecular flexibility index (Phi) is 3.88. The Bertz CT molecular complexity index is 211. The Hall–Kier alpha value is -0.405. The number of hydrogen-bond donors (Lipinski definition) is 1. The van der Waals surface area contributed by atoms with Crippen LogP contribution in [-0.2, 0) is 14.1 Å². The molecule has 1 fully saturated rings. The van der Waals surface area contributed by atoms with Crippen LogP contribution in [0, 0.1) is 0 Å². The zero-order chi connectivity index (χ0) is 9.84. The van der Waals surface area contributed by atoms with Crippen LogP contribution < -0.4 is 0 Å². The summed E-state index contributed by atoms with van der Waals surface area (Å²) in [6.45, 7) is 0. The first-order valence-electron chi connectivity index (χ1n) is 4.09. The van der Waals surface area contributed by atoms with Gasteiger partial charge in [-0.1, -0.05) is 12.2 Å². The molecule has 0 aromatic rings.